The number of anilines is 1. The summed E-state index contributed by atoms with van der Waals surface area (Å²) in [4.78, 5) is 29.9. The predicted octanol–water partition coefficient (Wildman–Crippen LogP) is 3.01. The van der Waals surface area contributed by atoms with Crippen molar-refractivity contribution >= 4 is 27.5 Å². The number of piperidine rings is 1. The maximum Gasteiger partial charge on any atom is 0.257 e. The molecule has 8 nitrogen and oxygen atoms in total. The largest absolute Gasteiger partial charge is 0.361 e. The SMILES string of the molecule is Cc1cc(F)ccc1NC(=O)CCNS(=O)(=O)c1c(C)[nH]c(C)c1C(=O)N1CCCCC1. The number of likely N-dealkylation sites (tertiary alicyclic amines) is 1. The number of benzene rings is 1. The van der Waals surface area contributed by atoms with Crippen molar-refractivity contribution in [3.63, 3.8) is 0 Å². The van der Waals surface area contributed by atoms with Crippen LogP contribution in [0.3, 0.4) is 0 Å². The van der Waals surface area contributed by atoms with Crippen molar-refractivity contribution in [2.24, 2.45) is 0 Å². The molecule has 2 heterocycles. The number of sulfonamides is 1. The molecule has 1 aromatic heterocycles. The van der Waals surface area contributed by atoms with Crippen molar-refractivity contribution in [1.29, 1.82) is 0 Å². The van der Waals surface area contributed by atoms with Crippen LogP contribution in [0.5, 0.6) is 0 Å². The van der Waals surface area contributed by atoms with Crippen molar-refractivity contribution in [1.82, 2.24) is 14.6 Å². The van der Waals surface area contributed by atoms with Crippen molar-refractivity contribution in [2.75, 3.05) is 25.0 Å². The van der Waals surface area contributed by atoms with Crippen LogP contribution >= 0.6 is 0 Å². The van der Waals surface area contributed by atoms with Crippen LogP contribution in [0.25, 0.3) is 0 Å². The fraction of sp³-hybridized carbons (Fsp3) is 0.455. The highest BCUT2D eigenvalue weighted by atomic mass is 32.2. The van der Waals surface area contributed by atoms with Gasteiger partial charge in [0.2, 0.25) is 15.9 Å². The Morgan fingerprint density at radius 3 is 2.44 bits per heavy atom. The number of rotatable bonds is 7. The second kappa shape index (κ2) is 9.83. The molecule has 2 amide bonds. The number of nitrogens with zero attached hydrogens (tertiary/aromatic N) is 1. The minimum atomic E-state index is -4.03. The lowest BCUT2D eigenvalue weighted by atomic mass is 10.1. The zero-order valence-electron chi connectivity index (χ0n) is 18.5. The molecule has 2 aromatic rings. The molecule has 0 radical (unpaired) electrons. The Kier molecular flexibility index (Phi) is 7.35. The number of aromatic amines is 1. The summed E-state index contributed by atoms with van der Waals surface area (Å²) in [6.07, 6.45) is 2.74. The van der Waals surface area contributed by atoms with Crippen LogP contribution in [0.1, 0.15) is 53.0 Å². The molecule has 1 saturated heterocycles. The number of carbonyl (C=O) groups is 2. The van der Waals surface area contributed by atoms with E-state index in [9.17, 15) is 22.4 Å². The summed E-state index contributed by atoms with van der Waals surface area (Å²) in [6, 6.07) is 4.00. The first-order valence-electron chi connectivity index (χ1n) is 10.6. The third-order valence-electron chi connectivity index (χ3n) is 5.55. The van der Waals surface area contributed by atoms with Gasteiger partial charge in [0.05, 0.1) is 5.56 Å². The van der Waals surface area contributed by atoms with Gasteiger partial charge in [-0.05, 0) is 63.8 Å². The van der Waals surface area contributed by atoms with Crippen molar-refractivity contribution < 1.29 is 22.4 Å². The molecular weight excluding hydrogens is 435 g/mol. The van der Waals surface area contributed by atoms with Crippen LogP contribution in [-0.4, -0.2) is 49.8 Å². The average Bonchev–Trinajstić information content (AvgIpc) is 3.04. The minimum Gasteiger partial charge on any atom is -0.361 e. The lowest BCUT2D eigenvalue weighted by Gasteiger charge is -2.27. The normalized spacial score (nSPS) is 14.4. The zero-order valence-corrected chi connectivity index (χ0v) is 19.4. The van der Waals surface area contributed by atoms with Gasteiger partial charge in [-0.3, -0.25) is 9.59 Å². The van der Waals surface area contributed by atoms with Gasteiger partial charge in [-0.2, -0.15) is 0 Å². The number of carbonyl (C=O) groups excluding carboxylic acids is 2. The fourth-order valence-corrected chi connectivity index (χ4v) is 5.44. The number of hydrogen-bond acceptors (Lipinski definition) is 4. The molecule has 1 aromatic carbocycles. The minimum absolute atomic E-state index is 0.0691. The molecule has 1 aliphatic heterocycles. The van der Waals surface area contributed by atoms with Crippen LogP contribution in [0, 0.1) is 26.6 Å². The maximum absolute atomic E-state index is 13.2. The summed E-state index contributed by atoms with van der Waals surface area (Å²) in [5.74, 6) is -1.11. The van der Waals surface area contributed by atoms with E-state index in [0.717, 1.165) is 19.3 Å². The van der Waals surface area contributed by atoms with E-state index in [4.69, 9.17) is 0 Å². The number of aromatic nitrogens is 1. The van der Waals surface area contributed by atoms with Crippen LogP contribution < -0.4 is 10.0 Å². The van der Waals surface area contributed by atoms with Gasteiger partial charge in [0.1, 0.15) is 10.7 Å². The van der Waals surface area contributed by atoms with E-state index in [-0.39, 0.29) is 29.3 Å². The lowest BCUT2D eigenvalue weighted by molar-refractivity contribution is -0.116. The van der Waals surface area contributed by atoms with E-state index in [2.05, 4.69) is 15.0 Å². The second-order valence-corrected chi connectivity index (χ2v) is 9.79. The molecule has 0 saturated carbocycles. The van der Waals surface area contributed by atoms with Crippen molar-refractivity contribution in [3.05, 3.63) is 46.5 Å². The smallest absolute Gasteiger partial charge is 0.257 e. The number of nitrogens with one attached hydrogen (secondary N) is 3. The molecule has 0 bridgehead atoms. The van der Waals surface area contributed by atoms with E-state index in [1.165, 1.54) is 18.2 Å². The van der Waals surface area contributed by atoms with Crippen LogP contribution in [0.4, 0.5) is 10.1 Å². The number of H-pyrrole nitrogens is 1. The molecular formula is C22H29FN4O4S. The molecule has 0 aliphatic carbocycles. The van der Waals surface area contributed by atoms with E-state index in [1.807, 2.05) is 0 Å². The second-order valence-electron chi connectivity index (χ2n) is 8.09. The fourth-order valence-electron chi connectivity index (χ4n) is 3.96. The summed E-state index contributed by atoms with van der Waals surface area (Å²) >= 11 is 0. The topological polar surface area (TPSA) is 111 Å². The van der Waals surface area contributed by atoms with Crippen molar-refractivity contribution in [3.8, 4) is 0 Å². The summed E-state index contributed by atoms with van der Waals surface area (Å²) in [5.41, 5.74) is 2.07. The molecule has 1 aliphatic rings. The first-order chi connectivity index (χ1) is 15.1. The first-order valence-corrected chi connectivity index (χ1v) is 12.1. The standard InChI is InChI=1S/C22H29FN4O4S/c1-14-13-17(23)7-8-18(14)26-19(28)9-10-24-32(30,31)21-16(3)25-15(2)20(21)22(29)27-11-5-4-6-12-27/h7-8,13,24-25H,4-6,9-12H2,1-3H3,(H,26,28). The molecule has 0 atom stereocenters. The van der Waals surface area contributed by atoms with Gasteiger partial charge >= 0.3 is 0 Å². The predicted molar refractivity (Wildman–Crippen MR) is 120 cm³/mol. The van der Waals surface area contributed by atoms with E-state index < -0.39 is 21.7 Å². The molecule has 3 rings (SSSR count). The highest BCUT2D eigenvalue weighted by molar-refractivity contribution is 7.89. The Bertz CT molecular complexity index is 1120. The first kappa shape index (κ1) is 23.9. The third kappa shape index (κ3) is 5.36. The van der Waals surface area contributed by atoms with Gasteiger partial charge in [-0.25, -0.2) is 17.5 Å². The summed E-state index contributed by atoms with van der Waals surface area (Å²) in [5, 5.41) is 2.64. The summed E-state index contributed by atoms with van der Waals surface area (Å²) in [7, 11) is -4.03. The van der Waals surface area contributed by atoms with Gasteiger partial charge < -0.3 is 15.2 Å². The third-order valence-corrected chi connectivity index (χ3v) is 7.18. The molecule has 174 valence electrons. The van der Waals surface area contributed by atoms with Crippen LogP contribution in [0.15, 0.2) is 23.1 Å². The monoisotopic (exact) mass is 464 g/mol. The molecule has 1 fully saturated rings. The van der Waals surface area contributed by atoms with Gasteiger partial charge in [0.25, 0.3) is 5.91 Å². The molecule has 32 heavy (non-hydrogen) atoms. The van der Waals surface area contributed by atoms with E-state index in [1.54, 1.807) is 25.7 Å². The number of halogens is 1. The number of aryl methyl sites for hydroxylation is 3. The molecule has 3 N–H and O–H groups in total. The molecule has 0 spiro atoms. The highest BCUT2D eigenvalue weighted by Crippen LogP contribution is 2.26. The zero-order chi connectivity index (χ0) is 23.5. The van der Waals surface area contributed by atoms with Gasteiger partial charge in [-0.1, -0.05) is 0 Å². The Hall–Kier alpha value is -2.72. The van der Waals surface area contributed by atoms with E-state index >= 15 is 0 Å². The van der Waals surface area contributed by atoms with Crippen molar-refractivity contribution in [2.45, 2.75) is 51.3 Å². The Morgan fingerprint density at radius 2 is 1.78 bits per heavy atom. The van der Waals surface area contributed by atoms with Gasteiger partial charge in [0.15, 0.2) is 0 Å². The molecule has 10 heteroatoms. The van der Waals surface area contributed by atoms with Crippen LogP contribution in [0.2, 0.25) is 0 Å². The Morgan fingerprint density at radius 1 is 1.09 bits per heavy atom. The Balaban J connectivity index is 1.69. The molecule has 0 unspecified atom stereocenters. The van der Waals surface area contributed by atoms with Crippen LogP contribution in [-0.2, 0) is 14.8 Å². The average molecular weight is 465 g/mol. The van der Waals surface area contributed by atoms with Gasteiger partial charge in [-0.15, -0.1) is 0 Å². The van der Waals surface area contributed by atoms with E-state index in [0.29, 0.717) is 35.7 Å². The summed E-state index contributed by atoms with van der Waals surface area (Å²) < 4.78 is 41.7. The Labute approximate surface area is 187 Å². The quantitative estimate of drug-likeness (QED) is 0.585. The number of amides is 2. The number of hydrogen-bond donors (Lipinski definition) is 3. The maximum atomic E-state index is 13.2. The summed E-state index contributed by atoms with van der Waals surface area (Å²) in [6.45, 7) is 6.03. The van der Waals surface area contributed by atoms with Gasteiger partial charge in [0, 0.05) is 43.1 Å². The lowest BCUT2D eigenvalue weighted by Crippen LogP contribution is -2.37. The highest BCUT2D eigenvalue weighted by Gasteiger charge is 2.31.